The average molecular weight is 383 g/mol. The molecule has 3 nitrogen and oxygen atoms in total. The molecular weight excluding hydrogens is 367 g/mol. The van der Waals surface area contributed by atoms with E-state index in [9.17, 15) is 5.11 Å². The molecule has 0 spiro atoms. The van der Waals surface area contributed by atoms with E-state index >= 15 is 0 Å². The number of hydrogen-bond donors (Lipinski definition) is 1. The van der Waals surface area contributed by atoms with E-state index in [2.05, 4.69) is 0 Å². The molecule has 1 heterocycles. The Morgan fingerprint density at radius 3 is 2.31 bits per heavy atom. The maximum absolute atomic E-state index is 10.2. The van der Waals surface area contributed by atoms with Crippen LogP contribution in [-0.4, -0.2) is 10.8 Å². The van der Waals surface area contributed by atoms with Crippen molar-refractivity contribution in [1.29, 1.82) is 0 Å². The zero-order valence-corrected chi connectivity index (χ0v) is 15.3. The van der Waals surface area contributed by atoms with Gasteiger partial charge in [-0.05, 0) is 48.0 Å². The molecule has 4 rings (SSSR count). The highest BCUT2D eigenvalue weighted by Gasteiger charge is 2.31. The van der Waals surface area contributed by atoms with Crippen molar-refractivity contribution in [2.45, 2.75) is 12.5 Å². The zero-order valence-electron chi connectivity index (χ0n) is 13.8. The molecule has 0 saturated heterocycles. The van der Waals surface area contributed by atoms with Crippen LogP contribution in [0.25, 0.3) is 0 Å². The summed E-state index contributed by atoms with van der Waals surface area (Å²) in [4.78, 5) is 0. The van der Waals surface area contributed by atoms with Gasteiger partial charge in [-0.25, -0.2) is 0 Å². The molecule has 0 saturated carbocycles. The van der Waals surface area contributed by atoms with Gasteiger partial charge in [-0.2, -0.15) is 5.10 Å². The predicted octanol–water partition coefficient (Wildman–Crippen LogP) is 6.05. The number of hydrazone groups is 1. The fourth-order valence-electron chi connectivity index (χ4n) is 3.21. The van der Waals surface area contributed by atoms with Crippen molar-refractivity contribution >= 4 is 34.6 Å². The van der Waals surface area contributed by atoms with Gasteiger partial charge in [-0.3, -0.25) is 5.01 Å². The van der Waals surface area contributed by atoms with Gasteiger partial charge in [0.1, 0.15) is 5.75 Å². The van der Waals surface area contributed by atoms with E-state index in [1.165, 1.54) is 0 Å². The van der Waals surface area contributed by atoms with Crippen LogP contribution >= 0.6 is 23.2 Å². The van der Waals surface area contributed by atoms with E-state index in [1.54, 1.807) is 12.1 Å². The van der Waals surface area contributed by atoms with Crippen molar-refractivity contribution in [3.8, 4) is 5.75 Å². The highest BCUT2D eigenvalue weighted by atomic mass is 35.5. The molecule has 3 aromatic rings. The highest BCUT2D eigenvalue weighted by Crippen LogP contribution is 2.40. The van der Waals surface area contributed by atoms with Crippen molar-refractivity contribution in [1.82, 2.24) is 0 Å². The van der Waals surface area contributed by atoms with Crippen LogP contribution in [0.4, 0.5) is 5.69 Å². The van der Waals surface area contributed by atoms with Gasteiger partial charge in [0.2, 0.25) is 0 Å². The molecule has 0 aromatic heterocycles. The second-order valence-electron chi connectivity index (χ2n) is 6.13. The average Bonchev–Trinajstić information content (AvgIpc) is 3.08. The number of hydrogen-bond acceptors (Lipinski definition) is 3. The van der Waals surface area contributed by atoms with Crippen LogP contribution < -0.4 is 5.01 Å². The summed E-state index contributed by atoms with van der Waals surface area (Å²) < 4.78 is 0. The summed E-state index contributed by atoms with van der Waals surface area (Å²) in [7, 11) is 0. The minimum Gasteiger partial charge on any atom is -0.507 e. The molecule has 1 N–H and O–H groups in total. The van der Waals surface area contributed by atoms with E-state index in [-0.39, 0.29) is 11.8 Å². The maximum atomic E-state index is 10.2. The number of halogens is 2. The molecule has 0 aliphatic carbocycles. The van der Waals surface area contributed by atoms with Crippen LogP contribution in [0, 0.1) is 0 Å². The van der Waals surface area contributed by atoms with Gasteiger partial charge in [0.25, 0.3) is 0 Å². The van der Waals surface area contributed by atoms with Crippen molar-refractivity contribution in [2.75, 3.05) is 5.01 Å². The van der Waals surface area contributed by atoms with E-state index < -0.39 is 0 Å². The Bertz CT molecular complexity index is 970. The molecule has 0 fully saturated rings. The molecule has 1 atom stereocenters. The number of benzene rings is 3. The lowest BCUT2D eigenvalue weighted by Crippen LogP contribution is -2.18. The Labute approximate surface area is 162 Å². The van der Waals surface area contributed by atoms with E-state index in [1.807, 2.05) is 65.7 Å². The van der Waals surface area contributed by atoms with Gasteiger partial charge >= 0.3 is 0 Å². The highest BCUT2D eigenvalue weighted by molar-refractivity contribution is 6.31. The lowest BCUT2D eigenvalue weighted by Gasteiger charge is -2.24. The third kappa shape index (κ3) is 3.16. The normalized spacial score (nSPS) is 16.6. The second kappa shape index (κ2) is 7.02. The summed E-state index contributed by atoms with van der Waals surface area (Å²) in [5.74, 6) is 0.224. The summed E-state index contributed by atoms with van der Waals surface area (Å²) >= 11 is 12.5. The lowest BCUT2D eigenvalue weighted by molar-refractivity contribution is 0.474. The Hall–Kier alpha value is -2.49. The quantitative estimate of drug-likeness (QED) is 0.597. The van der Waals surface area contributed by atoms with Gasteiger partial charge in [-0.1, -0.05) is 53.5 Å². The summed E-state index contributed by atoms with van der Waals surface area (Å²) in [5, 5.41) is 18.4. The third-order valence-electron chi connectivity index (χ3n) is 4.48. The Morgan fingerprint density at radius 2 is 1.58 bits per heavy atom. The number of phenolic OH excluding ortho intramolecular Hbond substituents is 1. The minimum atomic E-state index is -0.0560. The number of para-hydroxylation sites is 1. The van der Waals surface area contributed by atoms with Crippen LogP contribution in [0.5, 0.6) is 5.75 Å². The fraction of sp³-hybridized carbons (Fsp3) is 0.0952. The van der Waals surface area contributed by atoms with Crippen LogP contribution in [-0.2, 0) is 0 Å². The van der Waals surface area contributed by atoms with E-state index in [0.29, 0.717) is 16.5 Å². The number of phenols is 1. The molecule has 0 bridgehead atoms. The third-order valence-corrected chi connectivity index (χ3v) is 5.08. The standard InChI is InChI=1S/C21H16Cl2N2O/c22-14-9-11-15(12-10-14)25-20(16-5-1-3-7-18(16)23)13-19(24-25)17-6-2-4-8-21(17)26/h1-12,20,26H,13H2. The summed E-state index contributed by atoms with van der Waals surface area (Å²) in [6, 6.07) is 22.5. The molecule has 26 heavy (non-hydrogen) atoms. The number of aromatic hydroxyl groups is 1. The molecule has 130 valence electrons. The van der Waals surface area contributed by atoms with E-state index in [0.717, 1.165) is 22.5 Å². The molecule has 0 amide bonds. The lowest BCUT2D eigenvalue weighted by atomic mass is 9.97. The smallest absolute Gasteiger partial charge is 0.124 e. The Morgan fingerprint density at radius 1 is 0.885 bits per heavy atom. The van der Waals surface area contributed by atoms with Gasteiger partial charge in [-0.15, -0.1) is 0 Å². The van der Waals surface area contributed by atoms with Gasteiger partial charge in [0.15, 0.2) is 0 Å². The second-order valence-corrected chi connectivity index (χ2v) is 6.97. The zero-order chi connectivity index (χ0) is 18.1. The molecule has 1 aliphatic rings. The summed E-state index contributed by atoms with van der Waals surface area (Å²) in [5.41, 5.74) is 3.48. The van der Waals surface area contributed by atoms with Crippen LogP contribution in [0.3, 0.4) is 0 Å². The predicted molar refractivity (Wildman–Crippen MR) is 107 cm³/mol. The van der Waals surface area contributed by atoms with Gasteiger partial charge in [0.05, 0.1) is 17.4 Å². The molecular formula is C21H16Cl2N2O. The molecule has 0 radical (unpaired) electrons. The first-order chi connectivity index (χ1) is 12.6. The first-order valence-corrected chi connectivity index (χ1v) is 9.04. The maximum Gasteiger partial charge on any atom is 0.124 e. The molecule has 1 aliphatic heterocycles. The van der Waals surface area contributed by atoms with Crippen molar-refractivity contribution < 1.29 is 5.11 Å². The van der Waals surface area contributed by atoms with Crippen LogP contribution in [0.2, 0.25) is 10.0 Å². The van der Waals surface area contributed by atoms with Crippen molar-refractivity contribution in [3.63, 3.8) is 0 Å². The first kappa shape index (κ1) is 17.0. The van der Waals surface area contributed by atoms with Crippen LogP contribution in [0.1, 0.15) is 23.6 Å². The number of rotatable bonds is 3. The topological polar surface area (TPSA) is 35.8 Å². The van der Waals surface area contributed by atoms with Gasteiger partial charge in [0, 0.05) is 22.0 Å². The molecule has 3 aromatic carbocycles. The first-order valence-electron chi connectivity index (χ1n) is 8.28. The minimum absolute atomic E-state index is 0.0560. The van der Waals surface area contributed by atoms with Crippen molar-refractivity contribution in [2.24, 2.45) is 5.10 Å². The molecule has 5 heteroatoms. The van der Waals surface area contributed by atoms with E-state index in [4.69, 9.17) is 28.3 Å². The van der Waals surface area contributed by atoms with Gasteiger partial charge < -0.3 is 5.11 Å². The summed E-state index contributed by atoms with van der Waals surface area (Å²) in [6.07, 6.45) is 0.643. The number of nitrogens with zero attached hydrogens (tertiary/aromatic N) is 2. The Kier molecular flexibility index (Phi) is 4.58. The SMILES string of the molecule is Oc1ccccc1C1=NN(c2ccc(Cl)cc2)C(c2ccccc2Cl)C1. The number of anilines is 1. The molecule has 1 unspecified atom stereocenters. The monoisotopic (exact) mass is 382 g/mol. The Balaban J connectivity index is 1.80. The van der Waals surface area contributed by atoms with Crippen molar-refractivity contribution in [3.05, 3.63) is 94.0 Å². The van der Waals surface area contributed by atoms with Crippen LogP contribution in [0.15, 0.2) is 77.9 Å². The summed E-state index contributed by atoms with van der Waals surface area (Å²) in [6.45, 7) is 0. The fourth-order valence-corrected chi connectivity index (χ4v) is 3.60. The largest absolute Gasteiger partial charge is 0.507 e.